The lowest BCUT2D eigenvalue weighted by molar-refractivity contribution is -0.136. The molecule has 0 aromatic heterocycles. The molecule has 18 heavy (non-hydrogen) atoms. The number of amides is 1. The molecule has 0 saturated carbocycles. The van der Waals surface area contributed by atoms with E-state index in [2.05, 4.69) is 0 Å². The number of aryl methyl sites for hydroxylation is 1. The number of carbonyl (C=O) groups is 2. The molecular formula is C13H16N2O3. The summed E-state index contributed by atoms with van der Waals surface area (Å²) in [5, 5.41) is 8.92. The van der Waals surface area contributed by atoms with Crippen LogP contribution in [0.5, 0.6) is 0 Å². The van der Waals surface area contributed by atoms with Crippen molar-refractivity contribution in [1.82, 2.24) is 0 Å². The number of fused-ring (bicyclic) bond motifs is 1. The van der Waals surface area contributed by atoms with E-state index in [1.165, 1.54) is 4.90 Å². The summed E-state index contributed by atoms with van der Waals surface area (Å²) in [7, 11) is 0. The Balaban J connectivity index is 2.42. The van der Waals surface area contributed by atoms with E-state index in [4.69, 9.17) is 10.8 Å². The van der Waals surface area contributed by atoms with E-state index in [0.717, 1.165) is 18.4 Å². The first-order valence-corrected chi connectivity index (χ1v) is 5.96. The second-order valence-electron chi connectivity index (χ2n) is 4.45. The van der Waals surface area contributed by atoms with Crippen LogP contribution >= 0.6 is 0 Å². The molecule has 0 saturated heterocycles. The highest BCUT2D eigenvalue weighted by molar-refractivity contribution is 6.01. The van der Waals surface area contributed by atoms with Crippen LogP contribution in [0.25, 0.3) is 0 Å². The lowest BCUT2D eigenvalue weighted by Gasteiger charge is -2.28. The van der Waals surface area contributed by atoms with Crippen LogP contribution in [0.1, 0.15) is 18.4 Å². The summed E-state index contributed by atoms with van der Waals surface area (Å²) >= 11 is 0. The van der Waals surface area contributed by atoms with Gasteiger partial charge in [-0.15, -0.1) is 0 Å². The first-order chi connectivity index (χ1) is 8.59. The smallest absolute Gasteiger partial charge is 0.323 e. The van der Waals surface area contributed by atoms with Crippen molar-refractivity contribution in [1.29, 1.82) is 0 Å². The van der Waals surface area contributed by atoms with Crippen LogP contribution in [-0.2, 0) is 16.0 Å². The standard InChI is InChI=1S/C13H16N2O3/c14-10-6-3-5-9-4-1-2-7-11(9)15(13(10)18)8-12(16)17/h1-2,4,7,10H,3,5-6,8,14H2,(H,16,17). The Hall–Kier alpha value is -1.88. The number of nitrogens with two attached hydrogens (primary N) is 1. The van der Waals surface area contributed by atoms with Gasteiger partial charge in [-0.2, -0.15) is 0 Å². The number of carboxylic acid groups (broad SMARTS) is 1. The van der Waals surface area contributed by atoms with E-state index in [9.17, 15) is 9.59 Å². The fourth-order valence-electron chi connectivity index (χ4n) is 2.24. The third-order valence-corrected chi connectivity index (χ3v) is 3.12. The quantitative estimate of drug-likeness (QED) is 0.809. The molecule has 0 radical (unpaired) electrons. The average molecular weight is 248 g/mol. The first-order valence-electron chi connectivity index (χ1n) is 5.96. The van der Waals surface area contributed by atoms with E-state index >= 15 is 0 Å². The maximum atomic E-state index is 12.1. The minimum absolute atomic E-state index is 0.315. The van der Waals surface area contributed by atoms with Gasteiger partial charge in [0.1, 0.15) is 6.54 Å². The molecule has 1 aliphatic heterocycles. The molecule has 1 amide bonds. The summed E-state index contributed by atoms with van der Waals surface area (Å²) in [6.45, 7) is -0.344. The van der Waals surface area contributed by atoms with Gasteiger partial charge in [-0.1, -0.05) is 18.2 Å². The maximum Gasteiger partial charge on any atom is 0.323 e. The third kappa shape index (κ3) is 2.51. The Morgan fingerprint density at radius 1 is 1.44 bits per heavy atom. The zero-order valence-electron chi connectivity index (χ0n) is 10.0. The normalized spacial score (nSPS) is 19.9. The Morgan fingerprint density at radius 3 is 2.89 bits per heavy atom. The fourth-order valence-corrected chi connectivity index (χ4v) is 2.24. The molecule has 96 valence electrons. The minimum atomic E-state index is -1.04. The second kappa shape index (κ2) is 5.18. The third-order valence-electron chi connectivity index (χ3n) is 3.12. The number of anilines is 1. The Bertz CT molecular complexity index is 473. The van der Waals surface area contributed by atoms with Crippen molar-refractivity contribution in [3.63, 3.8) is 0 Å². The topological polar surface area (TPSA) is 83.6 Å². The van der Waals surface area contributed by atoms with Gasteiger partial charge in [0.25, 0.3) is 0 Å². The molecule has 3 N–H and O–H groups in total. The molecule has 1 aromatic rings. The number of nitrogens with zero attached hydrogens (tertiary/aromatic N) is 1. The van der Waals surface area contributed by atoms with E-state index in [1.54, 1.807) is 12.1 Å². The SMILES string of the molecule is NC1CCCc2ccccc2N(CC(=O)O)C1=O. The van der Waals surface area contributed by atoms with Crippen LogP contribution in [0.15, 0.2) is 24.3 Å². The molecule has 5 nitrogen and oxygen atoms in total. The molecule has 0 fully saturated rings. The van der Waals surface area contributed by atoms with Gasteiger partial charge in [-0.05, 0) is 30.9 Å². The number of rotatable bonds is 2. The molecule has 5 heteroatoms. The highest BCUT2D eigenvalue weighted by Gasteiger charge is 2.27. The molecule has 1 aromatic carbocycles. The highest BCUT2D eigenvalue weighted by atomic mass is 16.4. The summed E-state index contributed by atoms with van der Waals surface area (Å²) in [5.74, 6) is -1.35. The van der Waals surface area contributed by atoms with Gasteiger partial charge in [-0.3, -0.25) is 14.5 Å². The maximum absolute atomic E-state index is 12.1. The fraction of sp³-hybridized carbons (Fsp3) is 0.385. The zero-order valence-corrected chi connectivity index (χ0v) is 10.0. The lowest BCUT2D eigenvalue weighted by Crippen LogP contribution is -2.47. The summed E-state index contributed by atoms with van der Waals surface area (Å²) in [4.78, 5) is 24.3. The van der Waals surface area contributed by atoms with Crippen LogP contribution in [0.2, 0.25) is 0 Å². The van der Waals surface area contributed by atoms with Gasteiger partial charge < -0.3 is 10.8 Å². The molecule has 0 aliphatic carbocycles. The van der Waals surface area contributed by atoms with Gasteiger partial charge >= 0.3 is 5.97 Å². The number of hydrogen-bond acceptors (Lipinski definition) is 3. The lowest BCUT2D eigenvalue weighted by atomic mass is 9.99. The zero-order chi connectivity index (χ0) is 13.1. The highest BCUT2D eigenvalue weighted by Crippen LogP contribution is 2.25. The first kappa shape index (κ1) is 12.6. The largest absolute Gasteiger partial charge is 0.480 e. The van der Waals surface area contributed by atoms with Crippen LogP contribution in [0.3, 0.4) is 0 Å². The summed E-state index contributed by atoms with van der Waals surface area (Å²) in [5.41, 5.74) is 7.45. The Labute approximate surface area is 105 Å². The number of benzene rings is 1. The predicted octanol–water partition coefficient (Wildman–Crippen LogP) is 0.768. The average Bonchev–Trinajstić information content (AvgIpc) is 2.34. The Morgan fingerprint density at radius 2 is 2.17 bits per heavy atom. The number of hydrogen-bond donors (Lipinski definition) is 2. The molecule has 1 aliphatic rings. The van der Waals surface area contributed by atoms with Gasteiger partial charge in [-0.25, -0.2) is 0 Å². The molecular weight excluding hydrogens is 232 g/mol. The number of para-hydroxylation sites is 1. The minimum Gasteiger partial charge on any atom is -0.480 e. The van der Waals surface area contributed by atoms with Crippen molar-refractivity contribution in [3.8, 4) is 0 Å². The predicted molar refractivity (Wildman–Crippen MR) is 67.3 cm³/mol. The van der Waals surface area contributed by atoms with Crippen molar-refractivity contribution in [2.75, 3.05) is 11.4 Å². The second-order valence-corrected chi connectivity index (χ2v) is 4.45. The van der Waals surface area contributed by atoms with Crippen LogP contribution in [-0.4, -0.2) is 29.6 Å². The van der Waals surface area contributed by atoms with E-state index in [0.29, 0.717) is 12.1 Å². The summed E-state index contributed by atoms with van der Waals surface area (Å²) in [6.07, 6.45) is 2.24. The van der Waals surface area contributed by atoms with Crippen molar-refractivity contribution < 1.29 is 14.7 Å². The van der Waals surface area contributed by atoms with Gasteiger partial charge in [0.2, 0.25) is 5.91 Å². The van der Waals surface area contributed by atoms with Crippen LogP contribution < -0.4 is 10.6 Å². The number of carboxylic acids is 1. The van der Waals surface area contributed by atoms with Crippen molar-refractivity contribution >= 4 is 17.6 Å². The number of carbonyl (C=O) groups excluding carboxylic acids is 1. The summed E-state index contributed by atoms with van der Waals surface area (Å²) in [6, 6.07) is 6.78. The van der Waals surface area contributed by atoms with E-state index < -0.39 is 12.0 Å². The van der Waals surface area contributed by atoms with Crippen molar-refractivity contribution in [2.24, 2.45) is 5.73 Å². The summed E-state index contributed by atoms with van der Waals surface area (Å²) < 4.78 is 0. The van der Waals surface area contributed by atoms with Crippen LogP contribution in [0, 0.1) is 0 Å². The molecule has 1 atom stereocenters. The molecule has 0 bridgehead atoms. The van der Waals surface area contributed by atoms with E-state index in [1.807, 2.05) is 12.1 Å². The van der Waals surface area contributed by atoms with Crippen molar-refractivity contribution in [2.45, 2.75) is 25.3 Å². The van der Waals surface area contributed by atoms with E-state index in [-0.39, 0.29) is 12.5 Å². The van der Waals surface area contributed by atoms with Gasteiger partial charge in [0.05, 0.1) is 6.04 Å². The van der Waals surface area contributed by atoms with Crippen molar-refractivity contribution in [3.05, 3.63) is 29.8 Å². The van der Waals surface area contributed by atoms with Crippen LogP contribution in [0.4, 0.5) is 5.69 Å². The molecule has 1 heterocycles. The molecule has 1 unspecified atom stereocenters. The number of aliphatic carboxylic acids is 1. The molecule has 0 spiro atoms. The molecule has 2 rings (SSSR count). The van der Waals surface area contributed by atoms with Gasteiger partial charge in [0.15, 0.2) is 0 Å². The monoisotopic (exact) mass is 248 g/mol. The Kier molecular flexibility index (Phi) is 3.62. The van der Waals surface area contributed by atoms with Gasteiger partial charge in [0, 0.05) is 5.69 Å².